The van der Waals surface area contributed by atoms with E-state index in [2.05, 4.69) is 27.3 Å². The fourth-order valence-corrected chi connectivity index (χ4v) is 4.82. The second kappa shape index (κ2) is 9.49. The molecule has 0 bridgehead atoms. The van der Waals surface area contributed by atoms with Gasteiger partial charge in [-0.15, -0.1) is 0 Å². The fourth-order valence-electron chi connectivity index (χ4n) is 4.34. The number of hydrogen-bond donors (Lipinski definition) is 1. The van der Waals surface area contributed by atoms with Crippen molar-refractivity contribution in [3.05, 3.63) is 107 Å². The molecule has 1 saturated heterocycles. The minimum Gasteiger partial charge on any atom is -0.497 e. The van der Waals surface area contributed by atoms with Gasteiger partial charge in [-0.3, -0.25) is 4.98 Å². The van der Waals surface area contributed by atoms with Crippen molar-refractivity contribution in [3.8, 4) is 17.1 Å². The topological polar surface area (TPSA) is 50.5 Å². The fraction of sp³-hybridized carbons (Fsp3) is 0.185. The van der Waals surface area contributed by atoms with Crippen LogP contribution < -0.4 is 10.1 Å². The van der Waals surface area contributed by atoms with Crippen LogP contribution in [0.4, 0.5) is 0 Å². The van der Waals surface area contributed by atoms with Gasteiger partial charge in [0.1, 0.15) is 23.3 Å². The van der Waals surface area contributed by atoms with Crippen molar-refractivity contribution in [2.75, 3.05) is 7.11 Å². The maximum Gasteiger partial charge on any atom is 0.170 e. The summed E-state index contributed by atoms with van der Waals surface area (Å²) in [7, 11) is 1.66. The Morgan fingerprint density at radius 3 is 2.62 bits per heavy atom. The van der Waals surface area contributed by atoms with Crippen LogP contribution in [0, 0.1) is 6.92 Å². The number of hydrogen-bond acceptors (Lipinski definition) is 4. The number of thiocarbonyl (C=S) groups is 1. The molecular weight excluding hydrogens is 466 g/mol. The summed E-state index contributed by atoms with van der Waals surface area (Å²) in [5.74, 6) is 2.41. The molecule has 0 radical (unpaired) electrons. The molecule has 3 heterocycles. The van der Waals surface area contributed by atoms with Crippen LogP contribution in [-0.4, -0.2) is 22.1 Å². The van der Waals surface area contributed by atoms with E-state index in [1.54, 1.807) is 13.3 Å². The molecule has 2 atom stereocenters. The molecule has 1 aliphatic rings. The number of furan rings is 1. The van der Waals surface area contributed by atoms with Crippen molar-refractivity contribution in [1.29, 1.82) is 0 Å². The summed E-state index contributed by atoms with van der Waals surface area (Å²) in [5.41, 5.74) is 3.99. The van der Waals surface area contributed by atoms with Gasteiger partial charge in [0.2, 0.25) is 0 Å². The maximum absolute atomic E-state index is 6.45. The summed E-state index contributed by atoms with van der Waals surface area (Å²) < 4.78 is 11.8. The Morgan fingerprint density at radius 2 is 1.88 bits per heavy atom. The lowest BCUT2D eigenvalue weighted by Gasteiger charge is -2.26. The standard InChI is InChI=1S/C27H24ClN3O2S/c1-17-20(6-5-7-21(17)28)23-13-14-24(33-23)26-25(22-8-3-4-15-29-22)30-27(34)31(26)16-18-9-11-19(32-2)12-10-18/h3-15,25-26H,16H2,1-2H3,(H,30,34)/t25-,26+/m1/s1. The van der Waals surface area contributed by atoms with Gasteiger partial charge >= 0.3 is 0 Å². The van der Waals surface area contributed by atoms with E-state index in [-0.39, 0.29) is 12.1 Å². The average Bonchev–Trinajstić information content (AvgIpc) is 3.47. The molecule has 4 aromatic rings. The Morgan fingerprint density at radius 1 is 1.06 bits per heavy atom. The summed E-state index contributed by atoms with van der Waals surface area (Å²) in [6.45, 7) is 2.62. The van der Waals surface area contributed by atoms with E-state index < -0.39 is 0 Å². The van der Waals surface area contributed by atoms with Gasteiger partial charge in [-0.05, 0) is 72.7 Å². The van der Waals surface area contributed by atoms with Crippen LogP contribution in [0.25, 0.3) is 11.3 Å². The number of rotatable bonds is 6. The van der Waals surface area contributed by atoms with Crippen LogP contribution in [0.3, 0.4) is 0 Å². The number of nitrogens with zero attached hydrogens (tertiary/aromatic N) is 2. The largest absolute Gasteiger partial charge is 0.497 e. The molecule has 5 nitrogen and oxygen atoms in total. The van der Waals surface area contributed by atoms with Crippen LogP contribution in [0.1, 0.15) is 34.7 Å². The second-order valence-electron chi connectivity index (χ2n) is 8.22. The summed E-state index contributed by atoms with van der Waals surface area (Å²) in [6.07, 6.45) is 1.80. The van der Waals surface area contributed by atoms with E-state index in [0.717, 1.165) is 39.7 Å². The third-order valence-electron chi connectivity index (χ3n) is 6.16. The number of aromatic nitrogens is 1. The second-order valence-corrected chi connectivity index (χ2v) is 9.01. The molecule has 1 N–H and O–H groups in total. The molecule has 0 aliphatic carbocycles. The Labute approximate surface area is 209 Å². The van der Waals surface area contributed by atoms with Gasteiger partial charge in [0, 0.05) is 23.3 Å². The first-order chi connectivity index (χ1) is 16.5. The lowest BCUT2D eigenvalue weighted by atomic mass is 10.0. The molecule has 0 unspecified atom stereocenters. The Kier molecular flexibility index (Phi) is 6.26. The highest BCUT2D eigenvalue weighted by atomic mass is 35.5. The highest BCUT2D eigenvalue weighted by Gasteiger charge is 2.41. The van der Waals surface area contributed by atoms with Crippen molar-refractivity contribution >= 4 is 28.9 Å². The highest BCUT2D eigenvalue weighted by molar-refractivity contribution is 7.80. The van der Waals surface area contributed by atoms with Crippen LogP contribution in [0.5, 0.6) is 5.75 Å². The highest BCUT2D eigenvalue weighted by Crippen LogP contribution is 2.42. The lowest BCUT2D eigenvalue weighted by molar-refractivity contribution is 0.269. The van der Waals surface area contributed by atoms with Gasteiger partial charge < -0.3 is 19.4 Å². The smallest absolute Gasteiger partial charge is 0.170 e. The van der Waals surface area contributed by atoms with E-state index in [4.69, 9.17) is 33.0 Å². The first kappa shape index (κ1) is 22.4. The SMILES string of the molecule is COc1ccc(CN2C(=S)N[C@H](c3ccccn3)[C@@H]2c2ccc(-c3cccc(Cl)c3C)o2)cc1. The number of pyridine rings is 1. The molecular formula is C27H24ClN3O2S. The van der Waals surface area contributed by atoms with Crippen molar-refractivity contribution < 1.29 is 9.15 Å². The number of ether oxygens (including phenoxy) is 1. The zero-order valence-corrected chi connectivity index (χ0v) is 20.4. The summed E-state index contributed by atoms with van der Waals surface area (Å²) in [4.78, 5) is 6.76. The Balaban J connectivity index is 1.53. The van der Waals surface area contributed by atoms with Gasteiger partial charge in [0.05, 0.1) is 18.8 Å². The summed E-state index contributed by atoms with van der Waals surface area (Å²) in [6, 6.07) is 23.5. The molecule has 0 amide bonds. The number of nitrogens with one attached hydrogen (secondary N) is 1. The van der Waals surface area contributed by atoms with E-state index >= 15 is 0 Å². The third-order valence-corrected chi connectivity index (χ3v) is 6.92. The first-order valence-corrected chi connectivity index (χ1v) is 11.8. The molecule has 2 aromatic carbocycles. The quantitative estimate of drug-likeness (QED) is 0.312. The monoisotopic (exact) mass is 489 g/mol. The summed E-state index contributed by atoms with van der Waals surface area (Å²) in [5, 5.41) is 4.85. The third kappa shape index (κ3) is 4.27. The van der Waals surface area contributed by atoms with E-state index in [1.165, 1.54) is 0 Å². The van der Waals surface area contributed by atoms with E-state index in [0.29, 0.717) is 16.7 Å². The van der Waals surface area contributed by atoms with Crippen LogP contribution in [0.2, 0.25) is 5.02 Å². The molecule has 34 heavy (non-hydrogen) atoms. The van der Waals surface area contributed by atoms with Gasteiger partial charge in [0.15, 0.2) is 5.11 Å². The number of halogens is 1. The molecule has 7 heteroatoms. The van der Waals surface area contributed by atoms with Crippen molar-refractivity contribution in [2.45, 2.75) is 25.6 Å². The minimum atomic E-state index is -0.169. The molecule has 2 aromatic heterocycles. The molecule has 1 fully saturated rings. The van der Waals surface area contributed by atoms with E-state index in [1.807, 2.05) is 67.6 Å². The average molecular weight is 490 g/mol. The summed E-state index contributed by atoms with van der Waals surface area (Å²) >= 11 is 12.1. The van der Waals surface area contributed by atoms with Crippen molar-refractivity contribution in [2.24, 2.45) is 0 Å². The number of methoxy groups -OCH3 is 1. The molecule has 172 valence electrons. The predicted molar refractivity (Wildman–Crippen MR) is 138 cm³/mol. The molecule has 5 rings (SSSR count). The normalized spacial score (nSPS) is 17.6. The Bertz CT molecular complexity index is 1310. The molecule has 1 aliphatic heterocycles. The van der Waals surface area contributed by atoms with Crippen molar-refractivity contribution in [3.63, 3.8) is 0 Å². The molecule has 0 saturated carbocycles. The van der Waals surface area contributed by atoms with Gasteiger partial charge in [-0.2, -0.15) is 0 Å². The van der Waals surface area contributed by atoms with Crippen LogP contribution in [0.15, 0.2) is 83.4 Å². The van der Waals surface area contributed by atoms with Crippen LogP contribution >= 0.6 is 23.8 Å². The van der Waals surface area contributed by atoms with Crippen molar-refractivity contribution in [1.82, 2.24) is 15.2 Å². The van der Waals surface area contributed by atoms with Gasteiger partial charge in [-0.25, -0.2) is 0 Å². The predicted octanol–water partition coefficient (Wildman–Crippen LogP) is 6.48. The lowest BCUT2D eigenvalue weighted by Crippen LogP contribution is -2.29. The zero-order valence-electron chi connectivity index (χ0n) is 18.9. The first-order valence-electron chi connectivity index (χ1n) is 11.0. The maximum atomic E-state index is 6.45. The molecule has 0 spiro atoms. The van der Waals surface area contributed by atoms with Gasteiger partial charge in [-0.1, -0.05) is 41.9 Å². The zero-order chi connectivity index (χ0) is 23.7. The Hall–Kier alpha value is -3.35. The van der Waals surface area contributed by atoms with E-state index in [9.17, 15) is 0 Å². The van der Waals surface area contributed by atoms with Gasteiger partial charge in [0.25, 0.3) is 0 Å². The number of benzene rings is 2. The van der Waals surface area contributed by atoms with Crippen LogP contribution in [-0.2, 0) is 6.54 Å². The minimum absolute atomic E-state index is 0.147.